The van der Waals surface area contributed by atoms with Crippen LogP contribution < -0.4 is 10.5 Å². The molecule has 0 radical (unpaired) electrons. The van der Waals surface area contributed by atoms with Gasteiger partial charge >= 0.3 is 0 Å². The van der Waals surface area contributed by atoms with Crippen molar-refractivity contribution in [2.45, 2.75) is 31.2 Å². The molecule has 2 aliphatic rings. The number of pyridine rings is 2. The van der Waals surface area contributed by atoms with E-state index in [0.717, 1.165) is 11.1 Å². The van der Waals surface area contributed by atoms with Crippen LogP contribution in [0.25, 0.3) is 15.9 Å². The molecule has 4 heterocycles. The average Bonchev–Trinajstić information content (AvgIpc) is 2.97. The van der Waals surface area contributed by atoms with Crippen molar-refractivity contribution in [2.75, 3.05) is 37.6 Å². The molecule has 0 amide bonds. The summed E-state index contributed by atoms with van der Waals surface area (Å²) < 4.78 is 29.5. The summed E-state index contributed by atoms with van der Waals surface area (Å²) in [5.74, 6) is -0.401. The smallest absolute Gasteiger partial charge is 0.270 e. The highest BCUT2D eigenvalue weighted by atomic mass is 19.1. The number of aliphatic hydroxyl groups excluding tert-OH is 1. The fourth-order valence-electron chi connectivity index (χ4n) is 6.32. The zero-order chi connectivity index (χ0) is 29.5. The minimum absolute atomic E-state index is 0.0691. The lowest BCUT2D eigenvalue weighted by Crippen LogP contribution is -2.64. The first kappa shape index (κ1) is 28.0. The van der Waals surface area contributed by atoms with Gasteiger partial charge in [0.15, 0.2) is 0 Å². The van der Waals surface area contributed by atoms with Crippen molar-refractivity contribution in [1.29, 1.82) is 0 Å². The number of likely N-dealkylation sites (tertiary alicyclic amines) is 1. The van der Waals surface area contributed by atoms with Gasteiger partial charge in [-0.1, -0.05) is 30.8 Å². The maximum absolute atomic E-state index is 14.0. The van der Waals surface area contributed by atoms with E-state index in [2.05, 4.69) is 31.5 Å². The van der Waals surface area contributed by atoms with Crippen LogP contribution in [-0.2, 0) is 7.05 Å². The Morgan fingerprint density at radius 3 is 2.17 bits per heavy atom. The van der Waals surface area contributed by atoms with Crippen LogP contribution in [0.15, 0.2) is 71.5 Å². The van der Waals surface area contributed by atoms with Gasteiger partial charge in [0.05, 0.1) is 23.3 Å². The molecule has 2 fully saturated rings. The molecule has 4 aromatic rings. The molecule has 0 aliphatic carbocycles. The Kier molecular flexibility index (Phi) is 7.49. The second kappa shape index (κ2) is 11.2. The Morgan fingerprint density at radius 2 is 1.60 bits per heavy atom. The van der Waals surface area contributed by atoms with Gasteiger partial charge in [0.2, 0.25) is 5.52 Å². The Hall–Kier alpha value is -4.17. The van der Waals surface area contributed by atoms with Crippen LogP contribution in [0.3, 0.4) is 0 Å². The van der Waals surface area contributed by atoms with Crippen LogP contribution in [0.5, 0.6) is 0 Å². The summed E-state index contributed by atoms with van der Waals surface area (Å²) in [6.07, 6.45) is -0.362. The number of aryl methyl sites for hydroxylation is 1. The number of β-amino-alcohol motifs (C(OH)–C–C–N with tert-alkyl or cyclic N) is 1. The molecule has 0 saturated carbocycles. The van der Waals surface area contributed by atoms with E-state index in [0.29, 0.717) is 49.4 Å². The fourth-order valence-corrected chi connectivity index (χ4v) is 6.32. The van der Waals surface area contributed by atoms with E-state index in [4.69, 9.17) is 6.57 Å². The molecule has 2 saturated heterocycles. The van der Waals surface area contributed by atoms with Gasteiger partial charge in [0.1, 0.15) is 11.6 Å². The van der Waals surface area contributed by atoms with Gasteiger partial charge in [-0.3, -0.25) is 14.6 Å². The van der Waals surface area contributed by atoms with Crippen molar-refractivity contribution in [3.05, 3.63) is 111 Å². The summed E-state index contributed by atoms with van der Waals surface area (Å²) in [4.78, 5) is 27.9. The average molecular weight is 571 g/mol. The lowest BCUT2D eigenvalue weighted by atomic mass is 9.92. The van der Waals surface area contributed by atoms with Crippen LogP contribution in [0.2, 0.25) is 0 Å². The second-order valence-electron chi connectivity index (χ2n) is 11.3. The third-order valence-electron chi connectivity index (χ3n) is 8.47. The van der Waals surface area contributed by atoms with Gasteiger partial charge in [-0.25, -0.2) is 8.78 Å². The Labute approximate surface area is 242 Å². The summed E-state index contributed by atoms with van der Waals surface area (Å²) in [6, 6.07) is 17.4. The minimum atomic E-state index is -0.362. The summed E-state index contributed by atoms with van der Waals surface area (Å²) in [5, 5.41) is 10.0. The minimum Gasteiger partial charge on any atom is -0.390 e. The quantitative estimate of drug-likeness (QED) is 0.352. The maximum atomic E-state index is 14.0. The predicted octanol–water partition coefficient (Wildman–Crippen LogP) is 4.11. The number of halogens is 2. The van der Waals surface area contributed by atoms with E-state index in [1.807, 2.05) is 0 Å². The number of aliphatic hydroxyl groups is 1. The molecular formula is C32H32F2N6O2. The highest BCUT2D eigenvalue weighted by molar-refractivity contribution is 5.89. The molecule has 0 unspecified atom stereocenters. The molecule has 216 valence electrons. The lowest BCUT2D eigenvalue weighted by Gasteiger charge is -2.51. The standard InChI is InChI=1S/C32H32F2N6O2/c1-20-15-40(32(21-4-8-23(33)9-5-21)22-6-10-24(34)11-7-22)25(16-38-18-26(41)19-38)17-39(20)28-14-30(42)37(3)27-12-13-29(35-2)36-31(27)28/h4-14,20,25-26,32,41H,15-19H2,1,3H3/t20-,25+/m0/s1. The van der Waals surface area contributed by atoms with Gasteiger partial charge in [0.25, 0.3) is 11.4 Å². The Morgan fingerprint density at radius 1 is 0.976 bits per heavy atom. The first-order valence-electron chi connectivity index (χ1n) is 14.0. The summed E-state index contributed by atoms with van der Waals surface area (Å²) in [5.41, 5.74) is 3.54. The van der Waals surface area contributed by atoms with Crippen LogP contribution in [0, 0.1) is 18.2 Å². The van der Waals surface area contributed by atoms with E-state index < -0.39 is 0 Å². The van der Waals surface area contributed by atoms with E-state index in [1.54, 1.807) is 54.1 Å². The molecule has 2 aliphatic heterocycles. The molecular weight excluding hydrogens is 538 g/mol. The topological polar surface area (TPSA) is 69.2 Å². The van der Waals surface area contributed by atoms with Gasteiger partial charge in [-0.05, 0) is 54.4 Å². The second-order valence-corrected chi connectivity index (χ2v) is 11.3. The third-order valence-corrected chi connectivity index (χ3v) is 8.47. The molecule has 2 aromatic carbocycles. The third kappa shape index (κ3) is 5.27. The summed E-state index contributed by atoms with van der Waals surface area (Å²) >= 11 is 0. The first-order chi connectivity index (χ1) is 20.2. The van der Waals surface area contributed by atoms with Crippen molar-refractivity contribution in [1.82, 2.24) is 19.4 Å². The molecule has 8 nitrogen and oxygen atoms in total. The van der Waals surface area contributed by atoms with E-state index >= 15 is 0 Å². The number of anilines is 1. The molecule has 0 bridgehead atoms. The monoisotopic (exact) mass is 570 g/mol. The van der Waals surface area contributed by atoms with Crippen molar-refractivity contribution in [3.8, 4) is 0 Å². The number of fused-ring (bicyclic) bond motifs is 1. The fraction of sp³-hybridized carbons (Fsp3) is 0.344. The largest absolute Gasteiger partial charge is 0.390 e. The van der Waals surface area contributed by atoms with Gasteiger partial charge < -0.3 is 19.4 Å². The zero-order valence-corrected chi connectivity index (χ0v) is 23.5. The van der Waals surface area contributed by atoms with Crippen molar-refractivity contribution < 1.29 is 13.9 Å². The summed E-state index contributed by atoms with van der Waals surface area (Å²) in [7, 11) is 1.70. The number of nitrogens with zero attached hydrogens (tertiary/aromatic N) is 6. The van der Waals surface area contributed by atoms with Gasteiger partial charge in [-0.15, -0.1) is 4.98 Å². The number of benzene rings is 2. The molecule has 0 spiro atoms. The van der Waals surface area contributed by atoms with Crippen molar-refractivity contribution in [2.24, 2.45) is 7.05 Å². The van der Waals surface area contributed by atoms with Crippen LogP contribution >= 0.6 is 0 Å². The summed E-state index contributed by atoms with van der Waals surface area (Å²) in [6.45, 7) is 12.5. The highest BCUT2D eigenvalue weighted by Gasteiger charge is 2.40. The van der Waals surface area contributed by atoms with E-state index in [1.165, 1.54) is 24.3 Å². The SMILES string of the molecule is [C-]#[N+]c1ccc2c(n1)c(N1C[C@@H](CN3CC(O)C3)N(C(c3ccc(F)cc3)c3ccc(F)cc3)C[C@@H]1C)cc(=O)n2C. The normalized spacial score (nSPS) is 20.2. The molecule has 6 rings (SSSR count). The Balaban J connectivity index is 1.44. The van der Waals surface area contributed by atoms with E-state index in [-0.39, 0.29) is 47.2 Å². The molecule has 42 heavy (non-hydrogen) atoms. The number of piperazine rings is 1. The molecule has 2 atom stereocenters. The van der Waals surface area contributed by atoms with Gasteiger partial charge in [0, 0.05) is 57.9 Å². The van der Waals surface area contributed by atoms with Crippen LogP contribution in [0.1, 0.15) is 24.1 Å². The van der Waals surface area contributed by atoms with Gasteiger partial charge in [-0.2, -0.15) is 0 Å². The lowest BCUT2D eigenvalue weighted by molar-refractivity contribution is -0.0208. The molecule has 2 aromatic heterocycles. The van der Waals surface area contributed by atoms with Crippen molar-refractivity contribution in [3.63, 3.8) is 0 Å². The zero-order valence-electron chi connectivity index (χ0n) is 23.5. The molecule has 1 N–H and O–H groups in total. The number of hydrogen-bond donors (Lipinski definition) is 1. The van der Waals surface area contributed by atoms with Crippen molar-refractivity contribution >= 4 is 22.5 Å². The number of rotatable bonds is 6. The number of hydrogen-bond acceptors (Lipinski definition) is 6. The molecule has 10 heteroatoms. The van der Waals surface area contributed by atoms with Crippen LogP contribution in [-0.4, -0.2) is 75.4 Å². The predicted molar refractivity (Wildman–Crippen MR) is 158 cm³/mol. The highest BCUT2D eigenvalue weighted by Crippen LogP contribution is 2.37. The first-order valence-corrected chi connectivity index (χ1v) is 14.0. The Bertz CT molecular complexity index is 1650. The van der Waals surface area contributed by atoms with Crippen LogP contribution in [0.4, 0.5) is 20.3 Å². The number of aromatic nitrogens is 2. The maximum Gasteiger partial charge on any atom is 0.270 e. The van der Waals surface area contributed by atoms with E-state index in [9.17, 15) is 18.7 Å².